The number of hydrogen-bond donors (Lipinski definition) is 0. The Kier molecular flexibility index (Phi) is 4.58. The van der Waals surface area contributed by atoms with Crippen molar-refractivity contribution in [1.29, 1.82) is 0 Å². The summed E-state index contributed by atoms with van der Waals surface area (Å²) in [6.45, 7) is 4.17. The van der Waals surface area contributed by atoms with Crippen LogP contribution in [0.1, 0.15) is 35.7 Å². The van der Waals surface area contributed by atoms with Crippen LogP contribution in [-0.2, 0) is 4.74 Å². The van der Waals surface area contributed by atoms with E-state index < -0.39 is 0 Å². The fourth-order valence-corrected chi connectivity index (χ4v) is 2.26. The predicted molar refractivity (Wildman–Crippen MR) is 81.7 cm³/mol. The molecular weight excluding hydrogens is 266 g/mol. The van der Waals surface area contributed by atoms with Crippen molar-refractivity contribution in [1.82, 2.24) is 4.98 Å². The third-order valence-electron chi connectivity index (χ3n) is 3.37. The lowest BCUT2D eigenvalue weighted by Gasteiger charge is -2.16. The summed E-state index contributed by atoms with van der Waals surface area (Å²) in [5, 5.41) is 0. The molecule has 0 unspecified atom stereocenters. The van der Waals surface area contributed by atoms with Gasteiger partial charge in [-0.15, -0.1) is 0 Å². The van der Waals surface area contributed by atoms with Gasteiger partial charge in [-0.3, -0.25) is 4.98 Å². The van der Waals surface area contributed by atoms with Gasteiger partial charge in [0, 0.05) is 18.0 Å². The van der Waals surface area contributed by atoms with Crippen LogP contribution >= 0.6 is 0 Å². The molecule has 2 rings (SSSR count). The summed E-state index contributed by atoms with van der Waals surface area (Å²) in [4.78, 5) is 16.2. The van der Waals surface area contributed by atoms with E-state index in [0.717, 1.165) is 16.7 Å². The Morgan fingerprint density at radius 1 is 1.24 bits per heavy atom. The zero-order chi connectivity index (χ0) is 15.4. The first kappa shape index (κ1) is 15.0. The maximum atomic E-state index is 12.1. The van der Waals surface area contributed by atoms with E-state index >= 15 is 0 Å². The smallest absolute Gasteiger partial charge is 0.338 e. The number of nitrogens with zero attached hydrogens (tertiary/aromatic N) is 1. The van der Waals surface area contributed by atoms with E-state index in [1.54, 1.807) is 25.6 Å². The van der Waals surface area contributed by atoms with Gasteiger partial charge in [-0.2, -0.15) is 0 Å². The van der Waals surface area contributed by atoms with E-state index in [4.69, 9.17) is 9.47 Å². The van der Waals surface area contributed by atoms with Crippen molar-refractivity contribution in [3.8, 4) is 16.9 Å². The molecule has 0 N–H and O–H groups in total. The van der Waals surface area contributed by atoms with Crippen LogP contribution in [0, 0.1) is 0 Å². The standard InChI is InChI=1S/C17H19NO3/c1-11(2)13-8-14(12-6-5-7-18-10-12)15(17(19)21-4)9-16(13)20-3/h5-11H,1-4H3. The van der Waals surface area contributed by atoms with Gasteiger partial charge in [-0.1, -0.05) is 19.9 Å². The molecule has 0 aliphatic rings. The summed E-state index contributed by atoms with van der Waals surface area (Å²) in [6, 6.07) is 7.48. The Balaban J connectivity index is 2.71. The molecule has 0 radical (unpaired) electrons. The molecule has 2 aromatic rings. The summed E-state index contributed by atoms with van der Waals surface area (Å²) < 4.78 is 10.3. The number of ether oxygens (including phenoxy) is 2. The Morgan fingerprint density at radius 2 is 2.00 bits per heavy atom. The average molecular weight is 285 g/mol. The van der Waals surface area contributed by atoms with Gasteiger partial charge in [0.15, 0.2) is 0 Å². The van der Waals surface area contributed by atoms with Gasteiger partial charge < -0.3 is 9.47 Å². The second kappa shape index (κ2) is 6.39. The highest BCUT2D eigenvalue weighted by Gasteiger charge is 2.19. The van der Waals surface area contributed by atoms with Crippen LogP contribution in [0.15, 0.2) is 36.7 Å². The number of carbonyl (C=O) groups is 1. The molecule has 21 heavy (non-hydrogen) atoms. The first-order valence-electron chi connectivity index (χ1n) is 6.79. The van der Waals surface area contributed by atoms with Gasteiger partial charge >= 0.3 is 5.97 Å². The molecule has 0 saturated heterocycles. The molecule has 0 aliphatic heterocycles. The second-order valence-corrected chi connectivity index (χ2v) is 5.03. The second-order valence-electron chi connectivity index (χ2n) is 5.03. The zero-order valence-electron chi connectivity index (χ0n) is 12.7. The fraction of sp³-hybridized carbons (Fsp3) is 0.294. The first-order valence-corrected chi connectivity index (χ1v) is 6.79. The first-order chi connectivity index (χ1) is 10.1. The number of aromatic nitrogens is 1. The molecule has 0 fully saturated rings. The molecule has 110 valence electrons. The van der Waals surface area contributed by atoms with Gasteiger partial charge in [-0.25, -0.2) is 4.79 Å². The van der Waals surface area contributed by atoms with Crippen molar-refractivity contribution >= 4 is 5.97 Å². The number of carbonyl (C=O) groups excluding carboxylic acids is 1. The summed E-state index contributed by atoms with van der Waals surface area (Å²) in [6.07, 6.45) is 3.44. The number of rotatable bonds is 4. The molecule has 0 spiro atoms. The van der Waals surface area contributed by atoms with Gasteiger partial charge in [-0.05, 0) is 35.2 Å². The van der Waals surface area contributed by atoms with Crippen molar-refractivity contribution in [3.63, 3.8) is 0 Å². The number of benzene rings is 1. The summed E-state index contributed by atoms with van der Waals surface area (Å²) in [7, 11) is 2.98. The highest BCUT2D eigenvalue weighted by Crippen LogP contribution is 2.34. The van der Waals surface area contributed by atoms with Crippen molar-refractivity contribution in [2.24, 2.45) is 0 Å². The van der Waals surface area contributed by atoms with E-state index in [1.807, 2.05) is 18.2 Å². The third kappa shape index (κ3) is 3.05. The number of hydrogen-bond acceptors (Lipinski definition) is 4. The molecule has 1 heterocycles. The maximum absolute atomic E-state index is 12.1. The van der Waals surface area contributed by atoms with Crippen molar-refractivity contribution in [3.05, 3.63) is 47.8 Å². The van der Waals surface area contributed by atoms with Crippen molar-refractivity contribution in [2.75, 3.05) is 14.2 Å². The van der Waals surface area contributed by atoms with Gasteiger partial charge in [0.25, 0.3) is 0 Å². The van der Waals surface area contributed by atoms with E-state index in [1.165, 1.54) is 7.11 Å². The minimum absolute atomic E-state index is 0.280. The Labute approximate surface area is 124 Å². The Morgan fingerprint density at radius 3 is 2.52 bits per heavy atom. The third-order valence-corrected chi connectivity index (χ3v) is 3.37. The largest absolute Gasteiger partial charge is 0.496 e. The number of pyridine rings is 1. The molecule has 0 saturated carbocycles. The molecular formula is C17H19NO3. The van der Waals surface area contributed by atoms with Gasteiger partial charge in [0.05, 0.1) is 19.8 Å². The monoisotopic (exact) mass is 285 g/mol. The highest BCUT2D eigenvalue weighted by atomic mass is 16.5. The van der Waals surface area contributed by atoms with E-state index in [0.29, 0.717) is 11.3 Å². The van der Waals surface area contributed by atoms with Crippen LogP contribution in [0.3, 0.4) is 0 Å². The zero-order valence-corrected chi connectivity index (χ0v) is 12.7. The minimum Gasteiger partial charge on any atom is -0.496 e. The van der Waals surface area contributed by atoms with E-state index in [-0.39, 0.29) is 11.9 Å². The molecule has 0 amide bonds. The molecule has 4 heteroatoms. The lowest BCUT2D eigenvalue weighted by Crippen LogP contribution is -2.06. The quantitative estimate of drug-likeness (QED) is 0.804. The lowest BCUT2D eigenvalue weighted by molar-refractivity contribution is 0.0601. The van der Waals surface area contributed by atoms with Crippen molar-refractivity contribution < 1.29 is 14.3 Å². The molecule has 0 atom stereocenters. The average Bonchev–Trinajstić information content (AvgIpc) is 2.53. The van der Waals surface area contributed by atoms with Crippen LogP contribution in [0.25, 0.3) is 11.1 Å². The summed E-state index contributed by atoms with van der Waals surface area (Å²) in [5.74, 6) is 0.586. The Bertz CT molecular complexity index is 636. The normalized spacial score (nSPS) is 10.5. The SMILES string of the molecule is COC(=O)c1cc(OC)c(C(C)C)cc1-c1cccnc1. The molecule has 0 aliphatic carbocycles. The minimum atomic E-state index is -0.387. The summed E-state index contributed by atoms with van der Waals surface area (Å²) in [5.41, 5.74) is 3.21. The predicted octanol–water partition coefficient (Wildman–Crippen LogP) is 3.67. The van der Waals surface area contributed by atoms with Gasteiger partial charge in [0.2, 0.25) is 0 Å². The van der Waals surface area contributed by atoms with Crippen LogP contribution in [0.4, 0.5) is 0 Å². The fourth-order valence-electron chi connectivity index (χ4n) is 2.26. The van der Waals surface area contributed by atoms with Crippen LogP contribution in [-0.4, -0.2) is 25.2 Å². The van der Waals surface area contributed by atoms with Crippen LogP contribution in [0.5, 0.6) is 5.75 Å². The van der Waals surface area contributed by atoms with Crippen LogP contribution in [0.2, 0.25) is 0 Å². The maximum Gasteiger partial charge on any atom is 0.338 e. The van der Waals surface area contributed by atoms with Crippen LogP contribution < -0.4 is 4.74 Å². The highest BCUT2D eigenvalue weighted by molar-refractivity contribution is 5.98. The molecule has 1 aromatic carbocycles. The molecule has 4 nitrogen and oxygen atoms in total. The van der Waals surface area contributed by atoms with Gasteiger partial charge in [0.1, 0.15) is 5.75 Å². The topological polar surface area (TPSA) is 48.4 Å². The molecule has 0 bridgehead atoms. The molecule has 1 aromatic heterocycles. The Hall–Kier alpha value is -2.36. The van der Waals surface area contributed by atoms with E-state index in [2.05, 4.69) is 18.8 Å². The lowest BCUT2D eigenvalue weighted by atomic mass is 9.93. The van der Waals surface area contributed by atoms with E-state index in [9.17, 15) is 4.79 Å². The van der Waals surface area contributed by atoms with Crippen molar-refractivity contribution in [2.45, 2.75) is 19.8 Å². The summed E-state index contributed by atoms with van der Waals surface area (Å²) >= 11 is 0. The number of methoxy groups -OCH3 is 2. The number of esters is 1.